The summed E-state index contributed by atoms with van der Waals surface area (Å²) in [6.07, 6.45) is 1.88. The van der Waals surface area contributed by atoms with Crippen LogP contribution in [0.5, 0.6) is 28.7 Å². The number of likely N-dealkylation sites (N-methyl/N-ethyl adjacent to an activating group) is 1. The minimum atomic E-state index is -0.402. The van der Waals surface area contributed by atoms with Crippen LogP contribution in [0.15, 0.2) is 6.07 Å². The molecule has 4 aliphatic heterocycles. The monoisotopic (exact) mass is 519 g/mol. The van der Waals surface area contributed by atoms with Gasteiger partial charge in [0.25, 0.3) is 0 Å². The van der Waals surface area contributed by atoms with Crippen LogP contribution in [0.1, 0.15) is 65.7 Å². The van der Waals surface area contributed by atoms with Crippen LogP contribution in [-0.4, -0.2) is 60.0 Å². The Balaban J connectivity index is 1.62. The quantitative estimate of drug-likeness (QED) is 0.478. The maximum absolute atomic E-state index is 12.2. The number of methoxy groups -OCH3 is 1. The first-order valence-electron chi connectivity index (χ1n) is 13.1. The third-order valence-electron chi connectivity index (χ3n) is 8.90. The van der Waals surface area contributed by atoms with E-state index in [1.54, 1.807) is 7.11 Å². The van der Waals surface area contributed by atoms with E-state index in [2.05, 4.69) is 28.9 Å². The summed E-state index contributed by atoms with van der Waals surface area (Å²) < 4.78 is 23.3. The first-order chi connectivity index (χ1) is 18.2. The molecule has 200 valence electrons. The molecule has 2 aromatic carbocycles. The van der Waals surface area contributed by atoms with E-state index in [-0.39, 0.29) is 42.8 Å². The number of benzene rings is 2. The highest BCUT2D eigenvalue weighted by atomic mass is 16.7. The van der Waals surface area contributed by atoms with Crippen molar-refractivity contribution in [3.63, 3.8) is 0 Å². The predicted molar refractivity (Wildman–Crippen MR) is 138 cm³/mol. The minimum Gasteiger partial charge on any atom is -0.504 e. The highest BCUT2D eigenvalue weighted by molar-refractivity contribution is 5.74. The molecule has 1 unspecified atom stereocenters. The SMILES string of the molecule is CC[C@H]1c2c(c(OC(C)=O)c(C)c3c2OCO3)C[C@H]2[C@H]3c4c(cc(C)c(OC)c4O)CC([C@H](C#N)N12)N3C. The molecule has 0 aromatic heterocycles. The van der Waals surface area contributed by atoms with Gasteiger partial charge < -0.3 is 24.1 Å². The van der Waals surface area contributed by atoms with E-state index in [0.717, 1.165) is 39.8 Å². The van der Waals surface area contributed by atoms with Gasteiger partial charge in [0.05, 0.1) is 19.2 Å². The molecule has 2 aromatic rings. The molecule has 4 aliphatic rings. The second-order valence-corrected chi connectivity index (χ2v) is 10.8. The zero-order valence-corrected chi connectivity index (χ0v) is 22.6. The Morgan fingerprint density at radius 3 is 2.58 bits per heavy atom. The number of rotatable bonds is 3. The topological polar surface area (TPSA) is 104 Å². The highest BCUT2D eigenvalue weighted by Gasteiger charge is 2.56. The van der Waals surface area contributed by atoms with Gasteiger partial charge in [-0.05, 0) is 51.3 Å². The molecule has 0 amide bonds. The number of aromatic hydroxyl groups is 1. The van der Waals surface area contributed by atoms with Crippen molar-refractivity contribution in [2.75, 3.05) is 21.0 Å². The van der Waals surface area contributed by atoms with Gasteiger partial charge in [-0.15, -0.1) is 0 Å². The van der Waals surface area contributed by atoms with Crippen molar-refractivity contribution in [3.05, 3.63) is 39.4 Å². The number of ether oxygens (including phenoxy) is 4. The van der Waals surface area contributed by atoms with E-state index >= 15 is 0 Å². The van der Waals surface area contributed by atoms with Crippen LogP contribution in [0, 0.1) is 25.2 Å². The number of hydrogen-bond donors (Lipinski definition) is 1. The van der Waals surface area contributed by atoms with E-state index in [0.29, 0.717) is 35.8 Å². The molecule has 0 aliphatic carbocycles. The number of fused-ring (bicyclic) bond motifs is 9. The van der Waals surface area contributed by atoms with Crippen molar-refractivity contribution in [1.82, 2.24) is 9.80 Å². The van der Waals surface area contributed by atoms with E-state index in [4.69, 9.17) is 18.9 Å². The van der Waals surface area contributed by atoms with Crippen LogP contribution in [0.2, 0.25) is 0 Å². The summed E-state index contributed by atoms with van der Waals surface area (Å²) in [5, 5.41) is 22.0. The summed E-state index contributed by atoms with van der Waals surface area (Å²) in [5.41, 5.74) is 5.35. The van der Waals surface area contributed by atoms with Crippen molar-refractivity contribution >= 4 is 5.97 Å². The molecule has 2 bridgehead atoms. The lowest BCUT2D eigenvalue weighted by Gasteiger charge is -2.60. The lowest BCUT2D eigenvalue weighted by atomic mass is 9.71. The van der Waals surface area contributed by atoms with E-state index in [1.807, 2.05) is 20.9 Å². The molecule has 0 spiro atoms. The molecule has 6 rings (SSSR count). The fraction of sp³-hybridized carbons (Fsp3) is 0.517. The number of nitrogens with zero attached hydrogens (tertiary/aromatic N) is 3. The molecule has 4 heterocycles. The van der Waals surface area contributed by atoms with Gasteiger partial charge in [0.15, 0.2) is 23.0 Å². The average Bonchev–Trinajstić information content (AvgIpc) is 3.36. The van der Waals surface area contributed by atoms with Crippen molar-refractivity contribution in [2.24, 2.45) is 0 Å². The Bertz CT molecular complexity index is 1400. The smallest absolute Gasteiger partial charge is 0.308 e. The molecule has 9 nitrogen and oxygen atoms in total. The van der Waals surface area contributed by atoms with Crippen molar-refractivity contribution in [3.8, 4) is 34.8 Å². The lowest BCUT2D eigenvalue weighted by Crippen LogP contribution is -2.68. The van der Waals surface area contributed by atoms with Crippen molar-refractivity contribution in [1.29, 1.82) is 5.26 Å². The molecular weight excluding hydrogens is 486 g/mol. The Morgan fingerprint density at radius 2 is 1.92 bits per heavy atom. The number of nitriles is 1. The van der Waals surface area contributed by atoms with Crippen LogP contribution >= 0.6 is 0 Å². The van der Waals surface area contributed by atoms with Crippen LogP contribution < -0.4 is 18.9 Å². The summed E-state index contributed by atoms with van der Waals surface area (Å²) in [4.78, 5) is 16.8. The van der Waals surface area contributed by atoms with Gasteiger partial charge in [-0.2, -0.15) is 5.26 Å². The number of aryl methyl sites for hydroxylation is 1. The number of piperazine rings is 1. The number of hydrogen-bond acceptors (Lipinski definition) is 9. The van der Waals surface area contributed by atoms with Gasteiger partial charge >= 0.3 is 5.97 Å². The second-order valence-electron chi connectivity index (χ2n) is 10.8. The first-order valence-corrected chi connectivity index (χ1v) is 13.1. The number of esters is 1. The van der Waals surface area contributed by atoms with Gasteiger partial charge in [-0.3, -0.25) is 14.6 Å². The van der Waals surface area contributed by atoms with Crippen molar-refractivity contribution in [2.45, 2.75) is 77.2 Å². The third kappa shape index (κ3) is 3.20. The number of phenolic OH excluding ortho intramolecular Hbond substituents is 1. The largest absolute Gasteiger partial charge is 0.504 e. The fourth-order valence-corrected chi connectivity index (χ4v) is 7.52. The maximum Gasteiger partial charge on any atom is 0.308 e. The summed E-state index contributed by atoms with van der Waals surface area (Å²) >= 11 is 0. The van der Waals surface area contributed by atoms with Crippen LogP contribution in [0.25, 0.3) is 0 Å². The Hall–Kier alpha value is -3.48. The third-order valence-corrected chi connectivity index (χ3v) is 8.90. The zero-order chi connectivity index (χ0) is 27.0. The number of carbonyl (C=O) groups is 1. The van der Waals surface area contributed by atoms with Crippen LogP contribution in [-0.2, 0) is 17.6 Å². The fourth-order valence-electron chi connectivity index (χ4n) is 7.52. The van der Waals surface area contributed by atoms with Crippen molar-refractivity contribution < 1.29 is 28.8 Å². The first kappa shape index (κ1) is 24.8. The molecule has 1 fully saturated rings. The summed E-state index contributed by atoms with van der Waals surface area (Å²) in [7, 11) is 3.61. The summed E-state index contributed by atoms with van der Waals surface area (Å²) in [5.74, 6) is 2.03. The summed E-state index contributed by atoms with van der Waals surface area (Å²) in [6, 6.07) is 3.77. The average molecular weight is 520 g/mol. The van der Waals surface area contributed by atoms with E-state index in [1.165, 1.54) is 6.92 Å². The molecular formula is C29H33N3O6. The Morgan fingerprint density at radius 1 is 1.18 bits per heavy atom. The normalized spacial score (nSPS) is 27.1. The van der Waals surface area contributed by atoms with E-state index < -0.39 is 5.97 Å². The highest BCUT2D eigenvalue weighted by Crippen LogP contribution is 2.58. The van der Waals surface area contributed by atoms with Gasteiger partial charge in [0.1, 0.15) is 11.8 Å². The molecule has 1 N–H and O–H groups in total. The molecule has 0 saturated carbocycles. The van der Waals surface area contributed by atoms with Crippen LogP contribution in [0.3, 0.4) is 0 Å². The maximum atomic E-state index is 12.2. The van der Waals surface area contributed by atoms with Gasteiger partial charge in [0, 0.05) is 47.3 Å². The molecule has 9 heteroatoms. The van der Waals surface area contributed by atoms with Gasteiger partial charge in [0.2, 0.25) is 6.79 Å². The van der Waals surface area contributed by atoms with E-state index in [9.17, 15) is 15.2 Å². The molecule has 0 radical (unpaired) electrons. The minimum absolute atomic E-state index is 0.0554. The Labute approximate surface area is 222 Å². The molecule has 1 saturated heterocycles. The molecule has 38 heavy (non-hydrogen) atoms. The second kappa shape index (κ2) is 8.79. The standard InChI is InChI=1S/C29H33N3O6/c1-7-18-23-17(27(38-15(4)33)14(3)28-29(23)37-12-36-28)10-20-24-22-16(8-13(2)26(35-6)25(22)34)9-19(31(24)5)21(11-30)32(18)20/h8,18-21,24,34H,7,9-10,12H2,1-6H3/t18-,19?,20-,21-,24-/m0/s1. The van der Waals surface area contributed by atoms with Crippen LogP contribution in [0.4, 0.5) is 0 Å². The van der Waals surface area contributed by atoms with Gasteiger partial charge in [-0.1, -0.05) is 13.0 Å². The number of carbonyl (C=O) groups excluding carboxylic acids is 1. The summed E-state index contributed by atoms with van der Waals surface area (Å²) in [6.45, 7) is 7.42. The zero-order valence-electron chi connectivity index (χ0n) is 22.6. The Kier molecular flexibility index (Phi) is 5.74. The number of phenols is 1. The van der Waals surface area contributed by atoms with Gasteiger partial charge in [-0.25, -0.2) is 0 Å². The molecule has 5 atom stereocenters. The lowest BCUT2D eigenvalue weighted by molar-refractivity contribution is -0.132. The predicted octanol–water partition coefficient (Wildman–Crippen LogP) is 3.85.